The highest BCUT2D eigenvalue weighted by Gasteiger charge is 2.20. The molecular weight excluding hydrogens is 250 g/mol. The van der Waals surface area contributed by atoms with Crippen molar-refractivity contribution in [1.82, 2.24) is 14.7 Å². The van der Waals surface area contributed by atoms with Crippen molar-refractivity contribution >= 4 is 0 Å². The number of likely N-dealkylation sites (N-methyl/N-ethyl adjacent to an activating group) is 1. The molecule has 2 rings (SSSR count). The van der Waals surface area contributed by atoms with Gasteiger partial charge in [0.1, 0.15) is 0 Å². The Morgan fingerprint density at radius 1 is 0.900 bits per heavy atom. The van der Waals surface area contributed by atoms with Crippen LogP contribution in [0.15, 0.2) is 0 Å². The summed E-state index contributed by atoms with van der Waals surface area (Å²) in [6, 6.07) is 0. The fourth-order valence-corrected chi connectivity index (χ4v) is 3.37. The molecule has 0 amide bonds. The predicted octanol–water partition coefficient (Wildman–Crippen LogP) is 1.37. The monoisotopic (exact) mass is 283 g/mol. The minimum Gasteiger partial charge on any atom is -0.385 e. The van der Waals surface area contributed by atoms with Crippen LogP contribution < -0.4 is 0 Å². The molecule has 4 heteroatoms. The van der Waals surface area contributed by atoms with Crippen LogP contribution in [0.1, 0.15) is 25.7 Å². The molecule has 0 aromatic carbocycles. The van der Waals surface area contributed by atoms with Crippen LogP contribution in [0.3, 0.4) is 0 Å². The van der Waals surface area contributed by atoms with Crippen molar-refractivity contribution in [2.24, 2.45) is 5.92 Å². The first kappa shape index (κ1) is 16.2. The summed E-state index contributed by atoms with van der Waals surface area (Å²) >= 11 is 0. The molecule has 2 aliphatic rings. The van der Waals surface area contributed by atoms with E-state index in [0.29, 0.717) is 0 Å². The predicted molar refractivity (Wildman–Crippen MR) is 84.2 cm³/mol. The Hall–Kier alpha value is -0.160. The number of likely N-dealkylation sites (tertiary alicyclic amines) is 1. The summed E-state index contributed by atoms with van der Waals surface area (Å²) in [5, 5.41) is 0. The van der Waals surface area contributed by atoms with E-state index in [9.17, 15) is 0 Å². The first-order valence-electron chi connectivity index (χ1n) is 8.40. The second kappa shape index (κ2) is 8.98. The first-order chi connectivity index (χ1) is 9.78. The van der Waals surface area contributed by atoms with E-state index in [0.717, 1.165) is 12.5 Å². The second-order valence-corrected chi connectivity index (χ2v) is 6.56. The van der Waals surface area contributed by atoms with E-state index in [2.05, 4.69) is 21.7 Å². The zero-order valence-electron chi connectivity index (χ0n) is 13.5. The molecule has 2 fully saturated rings. The molecule has 0 unspecified atom stereocenters. The summed E-state index contributed by atoms with van der Waals surface area (Å²) in [6.45, 7) is 11.1. The van der Waals surface area contributed by atoms with Gasteiger partial charge in [0.05, 0.1) is 0 Å². The smallest absolute Gasteiger partial charge is 0.0462 e. The van der Waals surface area contributed by atoms with Gasteiger partial charge in [-0.3, -0.25) is 4.90 Å². The SMILES string of the molecule is COCCCC1CCN(CCN2CCN(C)CC2)CC1. The lowest BCUT2D eigenvalue weighted by Crippen LogP contribution is -2.47. The van der Waals surface area contributed by atoms with E-state index in [1.165, 1.54) is 78.0 Å². The average Bonchev–Trinajstić information content (AvgIpc) is 2.48. The molecule has 0 aliphatic carbocycles. The second-order valence-electron chi connectivity index (χ2n) is 6.56. The molecule has 20 heavy (non-hydrogen) atoms. The molecule has 2 saturated heterocycles. The van der Waals surface area contributed by atoms with E-state index < -0.39 is 0 Å². The van der Waals surface area contributed by atoms with Gasteiger partial charge in [0.2, 0.25) is 0 Å². The molecule has 0 aromatic heterocycles. The Labute approximate surface area is 125 Å². The fourth-order valence-electron chi connectivity index (χ4n) is 3.37. The lowest BCUT2D eigenvalue weighted by atomic mass is 9.92. The van der Waals surface area contributed by atoms with Gasteiger partial charge in [-0.1, -0.05) is 0 Å². The van der Waals surface area contributed by atoms with Crippen LogP contribution >= 0.6 is 0 Å². The zero-order valence-corrected chi connectivity index (χ0v) is 13.5. The highest BCUT2D eigenvalue weighted by molar-refractivity contribution is 4.75. The van der Waals surface area contributed by atoms with Gasteiger partial charge in [0.15, 0.2) is 0 Å². The molecule has 0 spiro atoms. The largest absolute Gasteiger partial charge is 0.385 e. The maximum Gasteiger partial charge on any atom is 0.0462 e. The molecule has 4 nitrogen and oxygen atoms in total. The van der Waals surface area contributed by atoms with Crippen LogP contribution in [0, 0.1) is 5.92 Å². The van der Waals surface area contributed by atoms with Gasteiger partial charge < -0.3 is 14.5 Å². The Balaban J connectivity index is 1.53. The van der Waals surface area contributed by atoms with E-state index in [-0.39, 0.29) is 0 Å². The van der Waals surface area contributed by atoms with Crippen molar-refractivity contribution in [2.75, 3.05) is 73.1 Å². The minimum atomic E-state index is 0.934. The van der Waals surface area contributed by atoms with Crippen LogP contribution in [-0.4, -0.2) is 87.8 Å². The Morgan fingerprint density at radius 3 is 2.10 bits per heavy atom. The summed E-state index contributed by atoms with van der Waals surface area (Å²) in [6.07, 6.45) is 5.39. The molecule has 0 bridgehead atoms. The van der Waals surface area contributed by atoms with Crippen LogP contribution in [0.25, 0.3) is 0 Å². The molecule has 0 N–H and O–H groups in total. The molecule has 118 valence electrons. The van der Waals surface area contributed by atoms with Crippen molar-refractivity contribution in [2.45, 2.75) is 25.7 Å². The third kappa shape index (κ3) is 5.68. The van der Waals surface area contributed by atoms with E-state index in [4.69, 9.17) is 4.74 Å². The third-order valence-electron chi connectivity index (χ3n) is 5.00. The molecular formula is C16H33N3O. The number of hydrogen-bond donors (Lipinski definition) is 0. The normalized spacial score (nSPS) is 24.3. The Kier molecular flexibility index (Phi) is 7.28. The van der Waals surface area contributed by atoms with Crippen LogP contribution in [0.4, 0.5) is 0 Å². The summed E-state index contributed by atoms with van der Waals surface area (Å²) < 4.78 is 5.15. The number of methoxy groups -OCH3 is 1. The standard InChI is InChI=1S/C16H33N3O/c1-17-9-11-19(12-10-17)14-13-18-7-5-16(6-8-18)4-3-15-20-2/h16H,3-15H2,1-2H3. The summed E-state index contributed by atoms with van der Waals surface area (Å²) in [4.78, 5) is 7.73. The van der Waals surface area contributed by atoms with E-state index in [1.807, 2.05) is 0 Å². The highest BCUT2D eigenvalue weighted by Crippen LogP contribution is 2.21. The van der Waals surface area contributed by atoms with Gasteiger partial charge in [-0.05, 0) is 51.7 Å². The number of hydrogen-bond acceptors (Lipinski definition) is 4. The number of nitrogens with zero attached hydrogens (tertiary/aromatic N) is 3. The summed E-state index contributed by atoms with van der Waals surface area (Å²) in [5.41, 5.74) is 0. The van der Waals surface area contributed by atoms with Crippen LogP contribution in [0.2, 0.25) is 0 Å². The molecule has 0 radical (unpaired) electrons. The van der Waals surface area contributed by atoms with Crippen LogP contribution in [0.5, 0.6) is 0 Å². The Bertz CT molecular complexity index is 246. The maximum absolute atomic E-state index is 5.15. The van der Waals surface area contributed by atoms with Crippen molar-refractivity contribution in [3.63, 3.8) is 0 Å². The quantitative estimate of drug-likeness (QED) is 0.657. The van der Waals surface area contributed by atoms with Crippen molar-refractivity contribution in [3.05, 3.63) is 0 Å². The van der Waals surface area contributed by atoms with Gasteiger partial charge in [0, 0.05) is 53.0 Å². The van der Waals surface area contributed by atoms with Crippen molar-refractivity contribution in [3.8, 4) is 0 Å². The number of rotatable bonds is 7. The maximum atomic E-state index is 5.15. The average molecular weight is 283 g/mol. The highest BCUT2D eigenvalue weighted by atomic mass is 16.5. The van der Waals surface area contributed by atoms with Crippen molar-refractivity contribution in [1.29, 1.82) is 0 Å². The van der Waals surface area contributed by atoms with Gasteiger partial charge in [0.25, 0.3) is 0 Å². The van der Waals surface area contributed by atoms with Gasteiger partial charge >= 0.3 is 0 Å². The summed E-state index contributed by atoms with van der Waals surface area (Å²) in [5.74, 6) is 0.949. The number of piperazine rings is 1. The molecule has 0 saturated carbocycles. The topological polar surface area (TPSA) is 19.0 Å². The first-order valence-corrected chi connectivity index (χ1v) is 8.40. The molecule has 0 aromatic rings. The molecule has 2 heterocycles. The molecule has 2 aliphatic heterocycles. The fraction of sp³-hybridized carbons (Fsp3) is 1.00. The minimum absolute atomic E-state index is 0.934. The summed E-state index contributed by atoms with van der Waals surface area (Å²) in [7, 11) is 4.03. The van der Waals surface area contributed by atoms with Crippen molar-refractivity contribution < 1.29 is 4.74 Å². The molecule has 0 atom stereocenters. The third-order valence-corrected chi connectivity index (χ3v) is 5.00. The zero-order chi connectivity index (χ0) is 14.2. The Morgan fingerprint density at radius 2 is 1.50 bits per heavy atom. The lowest BCUT2D eigenvalue weighted by molar-refractivity contribution is 0.115. The van der Waals surface area contributed by atoms with Gasteiger partial charge in [-0.15, -0.1) is 0 Å². The van der Waals surface area contributed by atoms with Gasteiger partial charge in [-0.2, -0.15) is 0 Å². The number of ether oxygens (including phenoxy) is 1. The van der Waals surface area contributed by atoms with Gasteiger partial charge in [-0.25, -0.2) is 0 Å². The van der Waals surface area contributed by atoms with E-state index in [1.54, 1.807) is 7.11 Å². The lowest BCUT2D eigenvalue weighted by Gasteiger charge is -2.36. The van der Waals surface area contributed by atoms with Crippen LogP contribution in [-0.2, 0) is 4.74 Å². The number of piperidine rings is 1. The van der Waals surface area contributed by atoms with E-state index >= 15 is 0 Å².